The molecule has 0 aliphatic heterocycles. The van der Waals surface area contributed by atoms with Crippen molar-refractivity contribution in [2.24, 2.45) is 5.73 Å². The number of hydrogen-bond donors (Lipinski definition) is 3. The third kappa shape index (κ3) is 10.6. The van der Waals surface area contributed by atoms with Gasteiger partial charge in [0.15, 0.2) is 0 Å². The van der Waals surface area contributed by atoms with Crippen LogP contribution in [-0.4, -0.2) is 73.3 Å². The summed E-state index contributed by atoms with van der Waals surface area (Å²) < 4.78 is 12.1. The summed E-state index contributed by atoms with van der Waals surface area (Å²) in [7, 11) is 0. The molecule has 2 aromatic carbocycles. The minimum Gasteiger partial charge on any atom is -0.508 e. The molecule has 2 rings (SSSR count). The van der Waals surface area contributed by atoms with Gasteiger partial charge in [-0.2, -0.15) is 0 Å². The molecular formula is C29H46N4O4. The largest absolute Gasteiger partial charge is 0.508 e. The summed E-state index contributed by atoms with van der Waals surface area (Å²) >= 11 is 0. The standard InChI is InChI=1S/C29H46N4O4/c1-5-32(6-2)17-11-19-36-23-15-16-26(28(21-23)37-20-12-18-33(7-3)8-4)31-29(35)22-25(30)24-13-9-10-14-27(24)34/h9-10,13-16,21,25,34H,5-8,11-12,17-20,22,30H2,1-4H3,(H,31,35). The highest BCUT2D eigenvalue weighted by Crippen LogP contribution is 2.31. The lowest BCUT2D eigenvalue weighted by Crippen LogP contribution is -2.25. The molecule has 0 heterocycles. The van der Waals surface area contributed by atoms with E-state index in [1.807, 2.05) is 18.2 Å². The van der Waals surface area contributed by atoms with E-state index in [1.54, 1.807) is 24.3 Å². The molecule has 37 heavy (non-hydrogen) atoms. The molecule has 0 radical (unpaired) electrons. The Morgan fingerprint density at radius 2 is 1.51 bits per heavy atom. The number of anilines is 1. The molecule has 0 saturated heterocycles. The number of phenolic OH excluding ortho intramolecular Hbond substituents is 1. The van der Waals surface area contributed by atoms with Crippen LogP contribution in [0.15, 0.2) is 42.5 Å². The van der Waals surface area contributed by atoms with Gasteiger partial charge < -0.3 is 35.4 Å². The van der Waals surface area contributed by atoms with Gasteiger partial charge in [-0.25, -0.2) is 0 Å². The number of nitrogens with one attached hydrogen (secondary N) is 1. The van der Waals surface area contributed by atoms with Gasteiger partial charge in [-0.05, 0) is 57.2 Å². The van der Waals surface area contributed by atoms with Gasteiger partial charge >= 0.3 is 0 Å². The molecule has 0 aliphatic carbocycles. The van der Waals surface area contributed by atoms with Crippen molar-refractivity contribution >= 4 is 11.6 Å². The van der Waals surface area contributed by atoms with Crippen molar-refractivity contribution in [2.75, 3.05) is 57.8 Å². The molecule has 8 heteroatoms. The number of hydrogen-bond acceptors (Lipinski definition) is 7. The molecular weight excluding hydrogens is 468 g/mol. The van der Waals surface area contributed by atoms with Gasteiger partial charge in [0, 0.05) is 37.2 Å². The van der Waals surface area contributed by atoms with Crippen LogP contribution < -0.4 is 20.5 Å². The summed E-state index contributed by atoms with van der Waals surface area (Å²) in [5, 5.41) is 13.0. The van der Waals surface area contributed by atoms with Crippen LogP contribution >= 0.6 is 0 Å². The second-order valence-corrected chi connectivity index (χ2v) is 9.03. The Labute approximate surface area is 222 Å². The van der Waals surface area contributed by atoms with Crippen molar-refractivity contribution in [3.63, 3.8) is 0 Å². The van der Waals surface area contributed by atoms with Crippen molar-refractivity contribution in [3.05, 3.63) is 48.0 Å². The fourth-order valence-corrected chi connectivity index (χ4v) is 4.16. The Balaban J connectivity index is 2.03. The predicted molar refractivity (Wildman–Crippen MR) is 151 cm³/mol. The first-order valence-corrected chi connectivity index (χ1v) is 13.6. The highest BCUT2D eigenvalue weighted by atomic mass is 16.5. The maximum atomic E-state index is 12.8. The number of aromatic hydroxyl groups is 1. The number of benzene rings is 2. The molecule has 2 aromatic rings. The molecule has 0 fully saturated rings. The number of rotatable bonds is 18. The van der Waals surface area contributed by atoms with E-state index in [4.69, 9.17) is 15.2 Å². The van der Waals surface area contributed by atoms with Crippen molar-refractivity contribution in [2.45, 2.75) is 53.0 Å². The van der Waals surface area contributed by atoms with E-state index in [2.05, 4.69) is 42.8 Å². The zero-order valence-corrected chi connectivity index (χ0v) is 23.0. The van der Waals surface area contributed by atoms with E-state index >= 15 is 0 Å². The molecule has 206 valence electrons. The Hall–Kier alpha value is -2.81. The van der Waals surface area contributed by atoms with Gasteiger partial charge in [-0.3, -0.25) is 4.79 Å². The number of nitrogens with zero attached hydrogens (tertiary/aromatic N) is 2. The van der Waals surface area contributed by atoms with Crippen LogP contribution in [0.25, 0.3) is 0 Å². The van der Waals surface area contributed by atoms with Gasteiger partial charge in [0.1, 0.15) is 17.2 Å². The lowest BCUT2D eigenvalue weighted by molar-refractivity contribution is -0.116. The molecule has 4 N–H and O–H groups in total. The number of ether oxygens (including phenoxy) is 2. The van der Waals surface area contributed by atoms with Gasteiger partial charge in [-0.1, -0.05) is 45.9 Å². The maximum Gasteiger partial charge on any atom is 0.226 e. The first-order valence-electron chi connectivity index (χ1n) is 13.6. The molecule has 0 aromatic heterocycles. The van der Waals surface area contributed by atoms with E-state index in [0.29, 0.717) is 36.0 Å². The number of carbonyl (C=O) groups is 1. The van der Waals surface area contributed by atoms with Crippen molar-refractivity contribution < 1.29 is 19.4 Å². The Morgan fingerprint density at radius 1 is 0.919 bits per heavy atom. The summed E-state index contributed by atoms with van der Waals surface area (Å²) in [5.74, 6) is 1.12. The lowest BCUT2D eigenvalue weighted by atomic mass is 10.0. The molecule has 1 unspecified atom stereocenters. The fraction of sp³-hybridized carbons (Fsp3) is 0.552. The van der Waals surface area contributed by atoms with Crippen LogP contribution in [0, 0.1) is 0 Å². The minimum atomic E-state index is -0.618. The first-order chi connectivity index (χ1) is 17.9. The summed E-state index contributed by atoms with van der Waals surface area (Å²) in [6.07, 6.45) is 1.84. The van der Waals surface area contributed by atoms with Gasteiger partial charge in [-0.15, -0.1) is 0 Å². The summed E-state index contributed by atoms with van der Waals surface area (Å²) in [5.41, 5.74) is 7.31. The third-order valence-electron chi connectivity index (χ3n) is 6.52. The monoisotopic (exact) mass is 514 g/mol. The molecule has 0 aliphatic rings. The highest BCUT2D eigenvalue weighted by molar-refractivity contribution is 5.93. The van der Waals surface area contributed by atoms with Crippen LogP contribution in [0.2, 0.25) is 0 Å². The summed E-state index contributed by atoms with van der Waals surface area (Å²) in [6, 6.07) is 11.7. The van der Waals surface area contributed by atoms with Crippen LogP contribution in [0.4, 0.5) is 5.69 Å². The summed E-state index contributed by atoms with van der Waals surface area (Å²) in [6.45, 7) is 15.8. The van der Waals surface area contributed by atoms with Crippen LogP contribution in [-0.2, 0) is 4.79 Å². The Kier molecular flexibility index (Phi) is 13.8. The molecule has 0 saturated carbocycles. The lowest BCUT2D eigenvalue weighted by Gasteiger charge is -2.19. The van der Waals surface area contributed by atoms with Crippen LogP contribution in [0.1, 0.15) is 58.6 Å². The third-order valence-corrected chi connectivity index (χ3v) is 6.52. The van der Waals surface area contributed by atoms with Gasteiger partial charge in [0.2, 0.25) is 5.91 Å². The normalized spacial score (nSPS) is 12.1. The maximum absolute atomic E-state index is 12.8. The number of nitrogens with two attached hydrogens (primary N) is 1. The van der Waals surface area contributed by atoms with Gasteiger partial charge in [0.05, 0.1) is 18.9 Å². The average Bonchev–Trinajstić information content (AvgIpc) is 2.90. The molecule has 8 nitrogen and oxygen atoms in total. The summed E-state index contributed by atoms with van der Waals surface area (Å²) in [4.78, 5) is 17.5. The van der Waals surface area contributed by atoms with Crippen LogP contribution in [0.5, 0.6) is 17.2 Å². The van der Waals surface area contributed by atoms with E-state index in [0.717, 1.165) is 52.1 Å². The number of phenols is 1. The molecule has 0 spiro atoms. The predicted octanol–water partition coefficient (Wildman–Crippen LogP) is 4.64. The Morgan fingerprint density at radius 3 is 2.11 bits per heavy atom. The fourth-order valence-electron chi connectivity index (χ4n) is 4.16. The van der Waals surface area contributed by atoms with Crippen molar-refractivity contribution in [1.29, 1.82) is 0 Å². The van der Waals surface area contributed by atoms with Gasteiger partial charge in [0.25, 0.3) is 0 Å². The SMILES string of the molecule is CCN(CC)CCCOc1ccc(NC(=O)CC(N)c2ccccc2O)c(OCCCN(CC)CC)c1. The van der Waals surface area contributed by atoms with E-state index < -0.39 is 6.04 Å². The first kappa shape index (κ1) is 30.4. The topological polar surface area (TPSA) is 100 Å². The Bertz CT molecular complexity index is 932. The zero-order valence-electron chi connectivity index (χ0n) is 23.0. The average molecular weight is 515 g/mol. The molecule has 1 atom stereocenters. The number of carbonyl (C=O) groups excluding carboxylic acids is 1. The van der Waals surface area contributed by atoms with E-state index in [1.165, 1.54) is 0 Å². The number of para-hydroxylation sites is 1. The minimum absolute atomic E-state index is 0.0303. The smallest absolute Gasteiger partial charge is 0.226 e. The van der Waals surface area contributed by atoms with Crippen molar-refractivity contribution in [3.8, 4) is 17.2 Å². The van der Waals surface area contributed by atoms with Crippen LogP contribution in [0.3, 0.4) is 0 Å². The van der Waals surface area contributed by atoms with E-state index in [-0.39, 0.29) is 18.1 Å². The number of amides is 1. The second-order valence-electron chi connectivity index (χ2n) is 9.03. The van der Waals surface area contributed by atoms with E-state index in [9.17, 15) is 9.90 Å². The second kappa shape index (κ2) is 16.8. The highest BCUT2D eigenvalue weighted by Gasteiger charge is 2.17. The molecule has 1 amide bonds. The zero-order chi connectivity index (χ0) is 27.0. The molecule has 0 bridgehead atoms. The van der Waals surface area contributed by atoms with Crippen molar-refractivity contribution in [1.82, 2.24) is 9.80 Å². The quantitative estimate of drug-likeness (QED) is 0.249.